The number of nitrogens with one attached hydrogen (secondary N) is 1. The number of aromatic nitrogens is 4. The number of halogens is 2. The Bertz CT molecular complexity index is 485. The molecule has 0 unspecified atom stereocenters. The Kier molecular flexibility index (Phi) is 3.42. The van der Waals surface area contributed by atoms with Crippen LogP contribution in [0.2, 0.25) is 0 Å². The van der Waals surface area contributed by atoms with Crippen molar-refractivity contribution < 1.29 is 0 Å². The fraction of sp³-hybridized carbons (Fsp3) is 0.125. The first-order valence-corrected chi connectivity index (χ1v) is 6.43. The van der Waals surface area contributed by atoms with E-state index in [1.165, 1.54) is 11.8 Å². The molecule has 0 atom stereocenters. The summed E-state index contributed by atoms with van der Waals surface area (Å²) in [5.41, 5.74) is 0. The summed E-state index contributed by atoms with van der Waals surface area (Å²) < 4.78 is 1.86. The average Bonchev–Trinajstić information content (AvgIpc) is 2.56. The van der Waals surface area contributed by atoms with E-state index in [2.05, 4.69) is 52.0 Å². The summed E-state index contributed by atoms with van der Waals surface area (Å²) in [7, 11) is 0. The van der Waals surface area contributed by atoms with Gasteiger partial charge in [-0.1, -0.05) is 0 Å². The second-order valence-corrected chi connectivity index (χ2v) is 5.47. The number of hydrogen-bond donors (Lipinski definition) is 1. The summed E-state index contributed by atoms with van der Waals surface area (Å²) in [5.74, 6) is 0.797. The summed E-state index contributed by atoms with van der Waals surface area (Å²) in [5, 5.41) is 8.33. The highest BCUT2D eigenvalue weighted by atomic mass is 79.9. The van der Waals surface area contributed by atoms with Crippen molar-refractivity contribution in [2.75, 3.05) is 0 Å². The smallest absolute Gasteiger partial charge is 0.214 e. The molecule has 0 bridgehead atoms. The lowest BCUT2D eigenvalue weighted by molar-refractivity contribution is 0.962. The summed E-state index contributed by atoms with van der Waals surface area (Å²) >= 11 is 8.19. The Morgan fingerprint density at radius 1 is 1.40 bits per heavy atom. The Morgan fingerprint density at radius 3 is 2.80 bits per heavy atom. The van der Waals surface area contributed by atoms with E-state index in [0.29, 0.717) is 5.16 Å². The topological polar surface area (TPSA) is 54.5 Å². The van der Waals surface area contributed by atoms with E-state index in [9.17, 15) is 0 Å². The molecule has 15 heavy (non-hydrogen) atoms. The van der Waals surface area contributed by atoms with Crippen molar-refractivity contribution in [2.45, 2.75) is 17.1 Å². The maximum Gasteiger partial charge on any atom is 0.214 e. The van der Waals surface area contributed by atoms with Gasteiger partial charge in [0.25, 0.3) is 0 Å². The molecule has 0 aromatic carbocycles. The normalized spacial score (nSPS) is 10.6. The van der Waals surface area contributed by atoms with Crippen molar-refractivity contribution in [2.24, 2.45) is 0 Å². The minimum absolute atomic E-state index is 0.669. The maximum atomic E-state index is 4.26. The number of aryl methyl sites for hydroxylation is 1. The van der Waals surface area contributed by atoms with Gasteiger partial charge in [-0.15, -0.1) is 5.10 Å². The number of hydrogen-bond acceptors (Lipinski definition) is 4. The van der Waals surface area contributed by atoms with Gasteiger partial charge < -0.3 is 0 Å². The van der Waals surface area contributed by atoms with E-state index in [1.807, 2.05) is 13.0 Å². The van der Waals surface area contributed by atoms with Crippen LogP contribution in [0.25, 0.3) is 0 Å². The third kappa shape index (κ3) is 2.79. The minimum atomic E-state index is 0.669. The van der Waals surface area contributed by atoms with Crippen molar-refractivity contribution in [3.8, 4) is 0 Å². The van der Waals surface area contributed by atoms with E-state index in [-0.39, 0.29) is 0 Å². The van der Waals surface area contributed by atoms with E-state index >= 15 is 0 Å². The molecule has 0 aliphatic rings. The van der Waals surface area contributed by atoms with Gasteiger partial charge in [-0.3, -0.25) is 5.10 Å². The highest BCUT2D eigenvalue weighted by Crippen LogP contribution is 2.30. The third-order valence-electron chi connectivity index (χ3n) is 1.54. The van der Waals surface area contributed by atoms with Gasteiger partial charge in [0.05, 0.1) is 4.47 Å². The third-order valence-corrected chi connectivity index (χ3v) is 3.72. The zero-order valence-electron chi connectivity index (χ0n) is 7.66. The molecule has 0 fully saturated rings. The lowest BCUT2D eigenvalue weighted by atomic mass is 10.5. The summed E-state index contributed by atoms with van der Waals surface area (Å²) in [6.07, 6.45) is 1.74. The highest BCUT2D eigenvalue weighted by Gasteiger charge is 2.07. The van der Waals surface area contributed by atoms with Gasteiger partial charge in [0.15, 0.2) is 0 Å². The zero-order valence-corrected chi connectivity index (χ0v) is 11.6. The Labute approximate surface area is 108 Å². The lowest BCUT2D eigenvalue weighted by Gasteiger charge is -1.99. The molecule has 0 radical (unpaired) electrons. The van der Waals surface area contributed by atoms with Crippen molar-refractivity contribution in [3.63, 3.8) is 0 Å². The fourth-order valence-corrected chi connectivity index (χ4v) is 2.87. The van der Waals surface area contributed by atoms with E-state index < -0.39 is 0 Å². The van der Waals surface area contributed by atoms with Gasteiger partial charge in [-0.25, -0.2) is 9.97 Å². The second kappa shape index (κ2) is 4.63. The van der Waals surface area contributed by atoms with Crippen LogP contribution in [0.15, 0.2) is 31.4 Å². The van der Waals surface area contributed by atoms with Crippen LogP contribution in [0.1, 0.15) is 5.82 Å². The number of pyridine rings is 1. The molecule has 0 aliphatic carbocycles. The predicted molar refractivity (Wildman–Crippen MR) is 64.9 cm³/mol. The first kappa shape index (κ1) is 11.1. The van der Waals surface area contributed by atoms with Crippen molar-refractivity contribution >= 4 is 43.6 Å². The predicted octanol–water partition coefficient (Wildman–Crippen LogP) is 3.18. The van der Waals surface area contributed by atoms with E-state index in [1.54, 1.807) is 6.20 Å². The molecule has 1 N–H and O–H groups in total. The first-order chi connectivity index (χ1) is 7.15. The standard InChI is InChI=1S/C8H6Br2N4S/c1-4-12-8(14-13-4)15-7-6(10)2-5(9)3-11-7/h2-3H,1H3,(H,12,13,14). The van der Waals surface area contributed by atoms with Gasteiger partial charge in [-0.05, 0) is 56.6 Å². The minimum Gasteiger partial charge on any atom is -0.262 e. The van der Waals surface area contributed by atoms with E-state index in [0.717, 1.165) is 19.8 Å². The van der Waals surface area contributed by atoms with Crippen LogP contribution >= 0.6 is 43.6 Å². The van der Waals surface area contributed by atoms with Crippen LogP contribution in [0.4, 0.5) is 0 Å². The molecule has 2 heterocycles. The average molecular weight is 350 g/mol. The molecule has 2 aromatic heterocycles. The summed E-state index contributed by atoms with van der Waals surface area (Å²) in [6, 6.07) is 1.94. The Hall–Kier alpha value is -0.400. The molecule has 0 saturated carbocycles. The number of rotatable bonds is 2. The van der Waals surface area contributed by atoms with Gasteiger partial charge in [-0.2, -0.15) is 0 Å². The van der Waals surface area contributed by atoms with Gasteiger partial charge in [0.2, 0.25) is 5.16 Å². The molecule has 78 valence electrons. The van der Waals surface area contributed by atoms with Crippen LogP contribution in [0.3, 0.4) is 0 Å². The molecular weight excluding hydrogens is 344 g/mol. The molecule has 0 saturated heterocycles. The first-order valence-electron chi connectivity index (χ1n) is 4.03. The van der Waals surface area contributed by atoms with Gasteiger partial charge in [0, 0.05) is 10.7 Å². The van der Waals surface area contributed by atoms with Crippen LogP contribution in [0.5, 0.6) is 0 Å². The van der Waals surface area contributed by atoms with Crippen molar-refractivity contribution in [1.82, 2.24) is 20.2 Å². The summed E-state index contributed by atoms with van der Waals surface area (Å²) in [6.45, 7) is 1.86. The molecule has 0 aliphatic heterocycles. The van der Waals surface area contributed by atoms with Crippen molar-refractivity contribution in [3.05, 3.63) is 27.0 Å². The molecular formula is C8H6Br2N4S. The molecule has 7 heteroatoms. The quantitative estimate of drug-likeness (QED) is 0.904. The van der Waals surface area contributed by atoms with Crippen LogP contribution in [0, 0.1) is 6.92 Å². The van der Waals surface area contributed by atoms with Crippen LogP contribution in [-0.2, 0) is 0 Å². The fourth-order valence-electron chi connectivity index (χ4n) is 0.931. The maximum absolute atomic E-state index is 4.26. The Balaban J connectivity index is 2.24. The van der Waals surface area contributed by atoms with Gasteiger partial charge >= 0.3 is 0 Å². The molecule has 2 aromatic rings. The number of aromatic amines is 1. The second-order valence-electron chi connectivity index (χ2n) is 2.75. The highest BCUT2D eigenvalue weighted by molar-refractivity contribution is 9.11. The molecule has 2 rings (SSSR count). The number of nitrogens with zero attached hydrogens (tertiary/aromatic N) is 3. The summed E-state index contributed by atoms with van der Waals surface area (Å²) in [4.78, 5) is 8.45. The SMILES string of the molecule is Cc1nc(Sc2ncc(Br)cc2Br)n[nH]1. The Morgan fingerprint density at radius 2 is 2.20 bits per heavy atom. The molecule has 4 nitrogen and oxygen atoms in total. The largest absolute Gasteiger partial charge is 0.262 e. The number of H-pyrrole nitrogens is 1. The van der Waals surface area contributed by atoms with Crippen LogP contribution < -0.4 is 0 Å². The lowest BCUT2D eigenvalue weighted by Crippen LogP contribution is -1.83. The van der Waals surface area contributed by atoms with Crippen LogP contribution in [-0.4, -0.2) is 20.2 Å². The zero-order chi connectivity index (χ0) is 10.8. The monoisotopic (exact) mass is 348 g/mol. The molecule has 0 spiro atoms. The van der Waals surface area contributed by atoms with Crippen molar-refractivity contribution in [1.29, 1.82) is 0 Å². The molecule has 0 amide bonds. The van der Waals surface area contributed by atoms with Gasteiger partial charge in [0.1, 0.15) is 10.9 Å². The van der Waals surface area contributed by atoms with E-state index in [4.69, 9.17) is 0 Å².